The highest BCUT2D eigenvalue weighted by Gasteiger charge is 2.06. The number of aromatic nitrogens is 2. The number of carbonyl (C=O) groups excluding carboxylic acids is 1. The van der Waals surface area contributed by atoms with Gasteiger partial charge in [0.1, 0.15) is 0 Å². The van der Waals surface area contributed by atoms with Gasteiger partial charge in [0, 0.05) is 18.5 Å². The van der Waals surface area contributed by atoms with Crippen molar-refractivity contribution in [3.8, 4) is 0 Å². The number of nitrogens with zero attached hydrogens (tertiary/aromatic N) is 2. The molecular weight excluding hydrogens is 282 g/mol. The fourth-order valence-electron chi connectivity index (χ4n) is 2.32. The maximum Gasteiger partial charge on any atom is 0.224 e. The molecule has 0 unspecified atom stereocenters. The number of aryl methyl sites for hydroxylation is 1. The Bertz CT molecular complexity index is 746. The normalized spacial score (nSPS) is 10.9. The van der Waals surface area contributed by atoms with E-state index in [0.29, 0.717) is 13.0 Å². The summed E-state index contributed by atoms with van der Waals surface area (Å²) < 4.78 is 1.97. The van der Waals surface area contributed by atoms with E-state index in [4.69, 9.17) is 0 Å². The van der Waals surface area contributed by atoms with Gasteiger partial charge in [-0.05, 0) is 35.6 Å². The Balaban J connectivity index is 1.55. The molecule has 0 fully saturated rings. The van der Waals surface area contributed by atoms with E-state index in [9.17, 15) is 4.79 Å². The first-order chi connectivity index (χ1) is 10.2. The van der Waals surface area contributed by atoms with Crippen LogP contribution in [0.2, 0.25) is 0 Å². The average Bonchev–Trinajstić information content (AvgIpc) is 3.09. The van der Waals surface area contributed by atoms with Gasteiger partial charge in [-0.1, -0.05) is 12.1 Å². The number of hydrogen-bond donors (Lipinski definition) is 1. The standard InChI is InChI=1S/C16H17N3OS/c1-19-11-18-14-9-12(4-5-15(14)19)10-16(20)17-7-6-13-3-2-8-21-13/h2-5,8-9,11H,6-7,10H2,1H3,(H,17,20). The van der Waals surface area contributed by atoms with E-state index in [1.54, 1.807) is 17.7 Å². The van der Waals surface area contributed by atoms with E-state index < -0.39 is 0 Å². The summed E-state index contributed by atoms with van der Waals surface area (Å²) >= 11 is 1.72. The molecule has 5 heteroatoms. The Morgan fingerprint density at radius 2 is 2.29 bits per heavy atom. The van der Waals surface area contributed by atoms with Gasteiger partial charge in [0.05, 0.1) is 23.8 Å². The minimum Gasteiger partial charge on any atom is -0.355 e. The van der Waals surface area contributed by atoms with Crippen molar-refractivity contribution in [3.63, 3.8) is 0 Å². The molecule has 21 heavy (non-hydrogen) atoms. The number of hydrogen-bond acceptors (Lipinski definition) is 3. The zero-order valence-electron chi connectivity index (χ0n) is 11.9. The third-order valence-corrected chi connectivity index (χ3v) is 4.36. The SMILES string of the molecule is Cn1cnc2cc(CC(=O)NCCc3cccs3)ccc21. The quantitative estimate of drug-likeness (QED) is 0.787. The molecule has 0 spiro atoms. The molecule has 0 radical (unpaired) electrons. The van der Waals surface area contributed by atoms with Crippen LogP contribution in [-0.2, 0) is 24.7 Å². The lowest BCUT2D eigenvalue weighted by atomic mass is 10.1. The number of benzene rings is 1. The van der Waals surface area contributed by atoms with Crippen LogP contribution in [0.1, 0.15) is 10.4 Å². The van der Waals surface area contributed by atoms with Crippen LogP contribution in [0.4, 0.5) is 0 Å². The number of rotatable bonds is 5. The zero-order chi connectivity index (χ0) is 14.7. The van der Waals surface area contributed by atoms with Gasteiger partial charge in [-0.15, -0.1) is 11.3 Å². The van der Waals surface area contributed by atoms with Gasteiger partial charge < -0.3 is 9.88 Å². The predicted octanol–water partition coefficient (Wildman–Crippen LogP) is 2.54. The van der Waals surface area contributed by atoms with Gasteiger partial charge in [0.2, 0.25) is 5.91 Å². The molecule has 0 saturated carbocycles. The van der Waals surface area contributed by atoms with E-state index in [-0.39, 0.29) is 5.91 Å². The van der Waals surface area contributed by atoms with Crippen LogP contribution in [-0.4, -0.2) is 22.0 Å². The van der Waals surface area contributed by atoms with E-state index in [2.05, 4.69) is 21.7 Å². The molecule has 0 aliphatic carbocycles. The summed E-state index contributed by atoms with van der Waals surface area (Å²) in [5.74, 6) is 0.0573. The second-order valence-electron chi connectivity index (χ2n) is 5.03. The first-order valence-electron chi connectivity index (χ1n) is 6.91. The van der Waals surface area contributed by atoms with Crippen LogP contribution in [0.5, 0.6) is 0 Å². The molecule has 3 rings (SSSR count). The number of imidazole rings is 1. The first-order valence-corrected chi connectivity index (χ1v) is 7.79. The molecule has 2 aromatic heterocycles. The Morgan fingerprint density at radius 3 is 3.10 bits per heavy atom. The molecule has 0 aliphatic rings. The fraction of sp³-hybridized carbons (Fsp3) is 0.250. The molecule has 0 saturated heterocycles. The Morgan fingerprint density at radius 1 is 1.38 bits per heavy atom. The van der Waals surface area contributed by atoms with Crippen LogP contribution in [0, 0.1) is 0 Å². The molecule has 0 bridgehead atoms. The highest BCUT2D eigenvalue weighted by Crippen LogP contribution is 2.14. The summed E-state index contributed by atoms with van der Waals surface area (Å²) in [6.45, 7) is 0.686. The molecule has 1 amide bonds. The van der Waals surface area contributed by atoms with E-state index in [0.717, 1.165) is 23.0 Å². The van der Waals surface area contributed by atoms with Crippen molar-refractivity contribution in [2.24, 2.45) is 7.05 Å². The van der Waals surface area contributed by atoms with Gasteiger partial charge in [0.25, 0.3) is 0 Å². The molecule has 0 aliphatic heterocycles. The molecule has 108 valence electrons. The third-order valence-electron chi connectivity index (χ3n) is 3.43. The van der Waals surface area contributed by atoms with Gasteiger partial charge >= 0.3 is 0 Å². The van der Waals surface area contributed by atoms with Crippen LogP contribution < -0.4 is 5.32 Å². The Hall–Kier alpha value is -2.14. The van der Waals surface area contributed by atoms with Crippen molar-refractivity contribution in [3.05, 3.63) is 52.5 Å². The smallest absolute Gasteiger partial charge is 0.224 e. The highest BCUT2D eigenvalue weighted by molar-refractivity contribution is 7.09. The van der Waals surface area contributed by atoms with Crippen LogP contribution in [0.15, 0.2) is 42.0 Å². The van der Waals surface area contributed by atoms with Crippen LogP contribution >= 0.6 is 11.3 Å². The lowest BCUT2D eigenvalue weighted by Crippen LogP contribution is -2.27. The number of thiophene rings is 1. The molecule has 4 nitrogen and oxygen atoms in total. The lowest BCUT2D eigenvalue weighted by Gasteiger charge is -2.05. The topological polar surface area (TPSA) is 46.9 Å². The van der Waals surface area contributed by atoms with Crippen molar-refractivity contribution in [1.29, 1.82) is 0 Å². The van der Waals surface area contributed by atoms with Crippen LogP contribution in [0.3, 0.4) is 0 Å². The maximum absolute atomic E-state index is 11.9. The Labute approximate surface area is 127 Å². The number of amides is 1. The number of fused-ring (bicyclic) bond motifs is 1. The van der Waals surface area contributed by atoms with Crippen molar-refractivity contribution in [1.82, 2.24) is 14.9 Å². The second-order valence-corrected chi connectivity index (χ2v) is 6.07. The maximum atomic E-state index is 11.9. The molecule has 2 heterocycles. The van der Waals surface area contributed by atoms with Gasteiger partial charge in [-0.2, -0.15) is 0 Å². The van der Waals surface area contributed by atoms with Crippen molar-refractivity contribution in [2.45, 2.75) is 12.8 Å². The molecule has 1 N–H and O–H groups in total. The number of nitrogens with one attached hydrogen (secondary N) is 1. The highest BCUT2D eigenvalue weighted by atomic mass is 32.1. The minimum absolute atomic E-state index is 0.0573. The monoisotopic (exact) mass is 299 g/mol. The summed E-state index contributed by atoms with van der Waals surface area (Å²) in [4.78, 5) is 17.6. The molecular formula is C16H17N3OS. The predicted molar refractivity (Wildman–Crippen MR) is 85.5 cm³/mol. The fourth-order valence-corrected chi connectivity index (χ4v) is 3.03. The van der Waals surface area contributed by atoms with Crippen LogP contribution in [0.25, 0.3) is 11.0 Å². The third kappa shape index (κ3) is 3.31. The summed E-state index contributed by atoms with van der Waals surface area (Å²) in [7, 11) is 1.96. The number of carbonyl (C=O) groups is 1. The van der Waals surface area contributed by atoms with E-state index in [1.807, 2.05) is 35.9 Å². The second kappa shape index (κ2) is 6.10. The van der Waals surface area contributed by atoms with Gasteiger partial charge in [-0.25, -0.2) is 4.98 Å². The first kappa shape index (κ1) is 13.8. The summed E-state index contributed by atoms with van der Waals surface area (Å²) in [5.41, 5.74) is 3.01. The molecule has 0 atom stereocenters. The average molecular weight is 299 g/mol. The summed E-state index contributed by atoms with van der Waals surface area (Å²) in [6, 6.07) is 10.1. The zero-order valence-corrected chi connectivity index (χ0v) is 12.7. The van der Waals surface area contributed by atoms with Crippen molar-refractivity contribution < 1.29 is 4.79 Å². The lowest BCUT2D eigenvalue weighted by molar-refractivity contribution is -0.120. The molecule has 1 aromatic carbocycles. The van der Waals surface area contributed by atoms with Gasteiger partial charge in [0.15, 0.2) is 0 Å². The van der Waals surface area contributed by atoms with E-state index >= 15 is 0 Å². The minimum atomic E-state index is 0.0573. The van der Waals surface area contributed by atoms with Gasteiger partial charge in [-0.3, -0.25) is 4.79 Å². The van der Waals surface area contributed by atoms with Crippen molar-refractivity contribution in [2.75, 3.05) is 6.54 Å². The largest absolute Gasteiger partial charge is 0.355 e. The summed E-state index contributed by atoms with van der Waals surface area (Å²) in [6.07, 6.45) is 3.08. The summed E-state index contributed by atoms with van der Waals surface area (Å²) in [5, 5.41) is 5.02. The van der Waals surface area contributed by atoms with Crippen molar-refractivity contribution >= 4 is 28.3 Å². The molecule has 3 aromatic rings. The van der Waals surface area contributed by atoms with E-state index in [1.165, 1.54) is 4.88 Å². The Kier molecular flexibility index (Phi) is 4.01.